The summed E-state index contributed by atoms with van der Waals surface area (Å²) in [5, 5.41) is 8.87. The van der Waals surface area contributed by atoms with Crippen molar-refractivity contribution >= 4 is 16.2 Å². The highest BCUT2D eigenvalue weighted by Crippen LogP contribution is 2.18. The maximum absolute atomic E-state index is 11.8. The number of carboxylic acids is 1. The van der Waals surface area contributed by atoms with E-state index < -0.39 is 22.1 Å². The molecule has 6 nitrogen and oxygen atoms in total. The number of nitrogens with one attached hydrogen (secondary N) is 1. The van der Waals surface area contributed by atoms with Crippen LogP contribution in [0.25, 0.3) is 0 Å². The number of rotatable bonds is 4. The summed E-state index contributed by atoms with van der Waals surface area (Å²) in [5.74, 6) is 3.62. The number of nitrogens with zero attached hydrogens (tertiary/aromatic N) is 1. The lowest BCUT2D eigenvalue weighted by Gasteiger charge is -2.29. The Kier molecular flexibility index (Phi) is 4.93. The van der Waals surface area contributed by atoms with Crippen LogP contribution >= 0.6 is 0 Å². The van der Waals surface area contributed by atoms with E-state index in [2.05, 4.69) is 16.6 Å². The van der Waals surface area contributed by atoms with Crippen molar-refractivity contribution in [3.05, 3.63) is 0 Å². The Morgan fingerprint density at radius 2 is 2.29 bits per heavy atom. The highest BCUT2D eigenvalue weighted by Gasteiger charge is 2.31. The van der Waals surface area contributed by atoms with Crippen molar-refractivity contribution in [3.8, 4) is 11.8 Å². The molecular formula is C10H16N2O4S. The molecule has 0 spiro atoms. The van der Waals surface area contributed by atoms with Gasteiger partial charge in [-0.15, -0.1) is 5.92 Å². The monoisotopic (exact) mass is 260 g/mol. The zero-order valence-corrected chi connectivity index (χ0v) is 10.5. The molecule has 1 fully saturated rings. The van der Waals surface area contributed by atoms with Crippen LogP contribution in [0.1, 0.15) is 19.8 Å². The van der Waals surface area contributed by atoms with Crippen molar-refractivity contribution in [2.75, 3.05) is 19.6 Å². The van der Waals surface area contributed by atoms with E-state index in [1.54, 1.807) is 6.92 Å². The number of aliphatic carboxylic acids is 1. The molecule has 0 aliphatic carbocycles. The second kappa shape index (κ2) is 6.00. The summed E-state index contributed by atoms with van der Waals surface area (Å²) in [6, 6.07) is 0. The Morgan fingerprint density at radius 3 is 2.88 bits per heavy atom. The molecule has 96 valence electrons. The highest BCUT2D eigenvalue weighted by atomic mass is 32.2. The molecule has 7 heteroatoms. The van der Waals surface area contributed by atoms with Gasteiger partial charge in [0, 0.05) is 13.1 Å². The number of carboxylic acid groups (broad SMARTS) is 1. The molecule has 1 unspecified atom stereocenters. The van der Waals surface area contributed by atoms with Gasteiger partial charge in [0.05, 0.1) is 12.5 Å². The maximum atomic E-state index is 11.8. The zero-order chi connectivity index (χ0) is 12.9. The largest absolute Gasteiger partial charge is 0.481 e. The zero-order valence-electron chi connectivity index (χ0n) is 9.64. The van der Waals surface area contributed by atoms with Crippen LogP contribution in [-0.4, -0.2) is 43.4 Å². The first-order valence-corrected chi connectivity index (χ1v) is 6.78. The van der Waals surface area contributed by atoms with Crippen molar-refractivity contribution < 1.29 is 18.3 Å². The van der Waals surface area contributed by atoms with Crippen molar-refractivity contribution in [1.82, 2.24) is 9.03 Å². The van der Waals surface area contributed by atoms with Crippen molar-refractivity contribution in [1.29, 1.82) is 0 Å². The predicted molar refractivity (Wildman–Crippen MR) is 62.3 cm³/mol. The van der Waals surface area contributed by atoms with Gasteiger partial charge in [0.15, 0.2) is 0 Å². The van der Waals surface area contributed by atoms with Crippen molar-refractivity contribution in [3.63, 3.8) is 0 Å². The maximum Gasteiger partial charge on any atom is 0.307 e. The van der Waals surface area contributed by atoms with Crippen LogP contribution in [0.2, 0.25) is 0 Å². The lowest BCUT2D eigenvalue weighted by atomic mass is 10.0. The van der Waals surface area contributed by atoms with E-state index in [4.69, 9.17) is 5.11 Å². The van der Waals surface area contributed by atoms with E-state index in [0.717, 1.165) is 0 Å². The molecule has 1 aliphatic heterocycles. The van der Waals surface area contributed by atoms with Crippen molar-refractivity contribution in [2.24, 2.45) is 5.92 Å². The Labute approximate surface area is 101 Å². The molecule has 0 bridgehead atoms. The minimum atomic E-state index is -3.60. The second-order valence-corrected chi connectivity index (χ2v) is 5.54. The van der Waals surface area contributed by atoms with Crippen LogP contribution < -0.4 is 4.72 Å². The first-order chi connectivity index (χ1) is 7.97. The van der Waals surface area contributed by atoms with E-state index in [0.29, 0.717) is 19.4 Å². The average Bonchev–Trinajstić information content (AvgIpc) is 2.29. The Hall–Kier alpha value is -1.10. The minimum Gasteiger partial charge on any atom is -0.481 e. The van der Waals surface area contributed by atoms with Gasteiger partial charge in [0.25, 0.3) is 10.2 Å². The molecule has 2 N–H and O–H groups in total. The normalized spacial score (nSPS) is 21.6. The van der Waals surface area contributed by atoms with E-state index in [1.165, 1.54) is 4.31 Å². The van der Waals surface area contributed by atoms with Gasteiger partial charge >= 0.3 is 5.97 Å². The van der Waals surface area contributed by atoms with Gasteiger partial charge in [-0.3, -0.25) is 4.79 Å². The standard InChI is InChI=1S/C10H16N2O4S/c1-2-3-6-11-17(15,16)12-7-4-5-9(8-12)10(13)14/h9,11H,4-8H2,1H3,(H,13,14). The van der Waals surface area contributed by atoms with E-state index in [9.17, 15) is 13.2 Å². The molecule has 0 aromatic heterocycles. The Bertz CT molecular complexity index is 435. The van der Waals surface area contributed by atoms with Crippen LogP contribution in [0.4, 0.5) is 0 Å². The first kappa shape index (κ1) is 14.0. The molecule has 1 aliphatic rings. The fraction of sp³-hybridized carbons (Fsp3) is 0.700. The quantitative estimate of drug-likeness (QED) is 0.676. The van der Waals surface area contributed by atoms with Gasteiger partial charge in [-0.1, -0.05) is 5.92 Å². The summed E-state index contributed by atoms with van der Waals surface area (Å²) in [4.78, 5) is 10.8. The summed E-state index contributed by atoms with van der Waals surface area (Å²) in [6.07, 6.45) is 1.09. The van der Waals surface area contributed by atoms with E-state index in [1.807, 2.05) is 0 Å². The Morgan fingerprint density at radius 1 is 1.59 bits per heavy atom. The lowest BCUT2D eigenvalue weighted by Crippen LogP contribution is -2.47. The third kappa shape index (κ3) is 4.00. The van der Waals surface area contributed by atoms with Crippen LogP contribution in [0.15, 0.2) is 0 Å². The Balaban J connectivity index is 2.63. The molecule has 0 radical (unpaired) electrons. The summed E-state index contributed by atoms with van der Waals surface area (Å²) >= 11 is 0. The molecule has 0 aromatic carbocycles. The van der Waals surface area contributed by atoms with Gasteiger partial charge in [-0.25, -0.2) is 0 Å². The molecular weight excluding hydrogens is 244 g/mol. The minimum absolute atomic E-state index is 0.0320. The van der Waals surface area contributed by atoms with Gasteiger partial charge in [0.2, 0.25) is 0 Å². The summed E-state index contributed by atoms with van der Waals surface area (Å²) in [5.41, 5.74) is 0. The molecule has 0 aromatic rings. The molecule has 1 rings (SSSR count). The lowest BCUT2D eigenvalue weighted by molar-refractivity contribution is -0.142. The predicted octanol–water partition coefficient (Wildman–Crippen LogP) is -0.359. The number of hydrogen-bond donors (Lipinski definition) is 2. The highest BCUT2D eigenvalue weighted by molar-refractivity contribution is 7.87. The summed E-state index contributed by atoms with van der Waals surface area (Å²) < 4.78 is 27.1. The third-order valence-electron chi connectivity index (χ3n) is 2.59. The molecule has 0 saturated carbocycles. The van der Waals surface area contributed by atoms with Gasteiger partial charge in [-0.05, 0) is 19.8 Å². The second-order valence-electron chi connectivity index (χ2n) is 3.79. The fourth-order valence-electron chi connectivity index (χ4n) is 1.67. The fourth-order valence-corrected chi connectivity index (χ4v) is 2.85. The van der Waals surface area contributed by atoms with Crippen LogP contribution in [-0.2, 0) is 15.0 Å². The van der Waals surface area contributed by atoms with E-state index >= 15 is 0 Å². The van der Waals surface area contributed by atoms with Crippen molar-refractivity contribution in [2.45, 2.75) is 19.8 Å². The molecule has 1 atom stereocenters. The molecule has 1 saturated heterocycles. The van der Waals surface area contributed by atoms with Crippen LogP contribution in [0.3, 0.4) is 0 Å². The number of hydrogen-bond acceptors (Lipinski definition) is 3. The third-order valence-corrected chi connectivity index (χ3v) is 4.11. The van der Waals surface area contributed by atoms with Crippen LogP contribution in [0.5, 0.6) is 0 Å². The van der Waals surface area contributed by atoms with Gasteiger partial charge < -0.3 is 5.11 Å². The topological polar surface area (TPSA) is 86.7 Å². The SMILES string of the molecule is CC#CCNS(=O)(=O)N1CCCC(C(=O)O)C1. The molecule has 1 heterocycles. The van der Waals surface area contributed by atoms with Gasteiger partial charge in [0.1, 0.15) is 0 Å². The van der Waals surface area contributed by atoms with E-state index in [-0.39, 0.29) is 13.1 Å². The molecule has 0 amide bonds. The first-order valence-electron chi connectivity index (χ1n) is 5.34. The summed E-state index contributed by atoms with van der Waals surface area (Å²) in [6.45, 7) is 2.06. The van der Waals surface area contributed by atoms with Gasteiger partial charge in [-0.2, -0.15) is 17.4 Å². The molecule has 17 heavy (non-hydrogen) atoms. The van der Waals surface area contributed by atoms with Crippen LogP contribution in [0, 0.1) is 17.8 Å². The average molecular weight is 260 g/mol. The number of piperidine rings is 1. The summed E-state index contributed by atoms with van der Waals surface area (Å²) in [7, 11) is -3.60. The smallest absolute Gasteiger partial charge is 0.307 e. The number of carbonyl (C=O) groups is 1.